The Labute approximate surface area is 140 Å². The molecule has 0 aliphatic carbocycles. The van der Waals surface area contributed by atoms with Crippen LogP contribution >= 0.6 is 11.3 Å². The fourth-order valence-electron chi connectivity index (χ4n) is 3.08. The SMILES string of the molecule is COc1ccc([C@@H]2C[C@@H](C)N(C(=O)c3csc(CN)n3)C2)cc1. The highest BCUT2D eigenvalue weighted by molar-refractivity contribution is 7.09. The first-order valence-electron chi connectivity index (χ1n) is 7.71. The van der Waals surface area contributed by atoms with Gasteiger partial charge in [0.1, 0.15) is 16.5 Å². The highest BCUT2D eigenvalue weighted by Gasteiger charge is 2.34. The maximum atomic E-state index is 12.7. The number of rotatable bonds is 4. The fraction of sp³-hybridized carbons (Fsp3) is 0.412. The minimum atomic E-state index is 0.00413. The second kappa shape index (κ2) is 6.68. The lowest BCUT2D eigenvalue weighted by Crippen LogP contribution is -2.34. The van der Waals surface area contributed by atoms with Gasteiger partial charge < -0.3 is 15.4 Å². The summed E-state index contributed by atoms with van der Waals surface area (Å²) in [6.07, 6.45) is 0.964. The lowest BCUT2D eigenvalue weighted by molar-refractivity contribution is 0.0740. The van der Waals surface area contributed by atoms with Crippen molar-refractivity contribution in [3.63, 3.8) is 0 Å². The number of thiazole rings is 1. The summed E-state index contributed by atoms with van der Waals surface area (Å²) in [5, 5.41) is 2.60. The van der Waals surface area contributed by atoms with Crippen LogP contribution in [0.25, 0.3) is 0 Å². The number of carbonyl (C=O) groups excluding carboxylic acids is 1. The zero-order chi connectivity index (χ0) is 16.4. The molecule has 3 rings (SSSR count). The Morgan fingerprint density at radius 1 is 1.43 bits per heavy atom. The van der Waals surface area contributed by atoms with E-state index >= 15 is 0 Å². The fourth-order valence-corrected chi connectivity index (χ4v) is 3.73. The van der Waals surface area contributed by atoms with E-state index in [1.54, 1.807) is 12.5 Å². The van der Waals surface area contributed by atoms with E-state index < -0.39 is 0 Å². The molecular weight excluding hydrogens is 310 g/mol. The van der Waals surface area contributed by atoms with E-state index in [1.807, 2.05) is 17.0 Å². The van der Waals surface area contributed by atoms with Gasteiger partial charge in [-0.1, -0.05) is 12.1 Å². The van der Waals surface area contributed by atoms with E-state index in [9.17, 15) is 4.79 Å². The van der Waals surface area contributed by atoms with Gasteiger partial charge in [-0.2, -0.15) is 0 Å². The Morgan fingerprint density at radius 3 is 2.78 bits per heavy atom. The Bertz CT molecular complexity index is 683. The number of ether oxygens (including phenoxy) is 1. The summed E-state index contributed by atoms with van der Waals surface area (Å²) >= 11 is 1.44. The van der Waals surface area contributed by atoms with Crippen LogP contribution in [0.5, 0.6) is 5.75 Å². The topological polar surface area (TPSA) is 68.5 Å². The van der Waals surface area contributed by atoms with Gasteiger partial charge in [0.2, 0.25) is 0 Å². The first-order valence-corrected chi connectivity index (χ1v) is 8.59. The molecule has 2 aromatic rings. The second-order valence-electron chi connectivity index (χ2n) is 5.84. The van der Waals surface area contributed by atoms with Crippen LogP contribution in [0.4, 0.5) is 0 Å². The van der Waals surface area contributed by atoms with Gasteiger partial charge in [0.25, 0.3) is 5.91 Å². The number of amides is 1. The monoisotopic (exact) mass is 331 g/mol. The van der Waals surface area contributed by atoms with E-state index in [0.717, 1.165) is 23.7 Å². The molecule has 2 heterocycles. The van der Waals surface area contributed by atoms with Gasteiger partial charge in [0, 0.05) is 30.4 Å². The molecule has 1 aliphatic rings. The van der Waals surface area contributed by atoms with Gasteiger partial charge in [-0.25, -0.2) is 4.98 Å². The van der Waals surface area contributed by atoms with E-state index in [2.05, 4.69) is 24.0 Å². The zero-order valence-electron chi connectivity index (χ0n) is 13.4. The molecule has 0 unspecified atom stereocenters. The molecular formula is C17H21N3O2S. The van der Waals surface area contributed by atoms with E-state index in [1.165, 1.54) is 16.9 Å². The number of carbonyl (C=O) groups is 1. The van der Waals surface area contributed by atoms with Crippen molar-refractivity contribution in [3.05, 3.63) is 45.9 Å². The number of methoxy groups -OCH3 is 1. The van der Waals surface area contributed by atoms with Crippen LogP contribution in [-0.4, -0.2) is 35.5 Å². The van der Waals surface area contributed by atoms with Gasteiger partial charge in [-0.15, -0.1) is 11.3 Å². The summed E-state index contributed by atoms with van der Waals surface area (Å²) in [6.45, 7) is 3.20. The summed E-state index contributed by atoms with van der Waals surface area (Å²) < 4.78 is 5.20. The molecule has 5 nitrogen and oxygen atoms in total. The highest BCUT2D eigenvalue weighted by atomic mass is 32.1. The number of hydrogen-bond acceptors (Lipinski definition) is 5. The zero-order valence-corrected chi connectivity index (χ0v) is 14.2. The maximum absolute atomic E-state index is 12.7. The smallest absolute Gasteiger partial charge is 0.273 e. The van der Waals surface area contributed by atoms with Crippen molar-refractivity contribution >= 4 is 17.2 Å². The second-order valence-corrected chi connectivity index (χ2v) is 6.79. The molecule has 0 radical (unpaired) electrons. The summed E-state index contributed by atoms with van der Waals surface area (Å²) in [5.74, 6) is 1.21. The average molecular weight is 331 g/mol. The van der Waals surface area contributed by atoms with Gasteiger partial charge >= 0.3 is 0 Å². The molecule has 1 saturated heterocycles. The van der Waals surface area contributed by atoms with Crippen molar-refractivity contribution in [1.29, 1.82) is 0 Å². The third-order valence-corrected chi connectivity index (χ3v) is 5.24. The van der Waals surface area contributed by atoms with E-state index in [-0.39, 0.29) is 11.9 Å². The van der Waals surface area contributed by atoms with Gasteiger partial charge in [0.05, 0.1) is 7.11 Å². The van der Waals surface area contributed by atoms with E-state index in [4.69, 9.17) is 10.5 Å². The predicted molar refractivity (Wildman–Crippen MR) is 90.9 cm³/mol. The molecule has 0 bridgehead atoms. The number of benzene rings is 1. The molecule has 6 heteroatoms. The Kier molecular flexibility index (Phi) is 4.63. The van der Waals surface area contributed by atoms with Crippen molar-refractivity contribution in [2.45, 2.75) is 31.8 Å². The third kappa shape index (κ3) is 3.23. The van der Waals surface area contributed by atoms with Crippen molar-refractivity contribution < 1.29 is 9.53 Å². The average Bonchev–Trinajstić information content (AvgIpc) is 3.21. The summed E-state index contributed by atoms with van der Waals surface area (Å²) in [6, 6.07) is 8.31. The first-order chi connectivity index (χ1) is 11.1. The number of aromatic nitrogens is 1. The highest BCUT2D eigenvalue weighted by Crippen LogP contribution is 2.33. The van der Waals surface area contributed by atoms with Crippen LogP contribution in [0.3, 0.4) is 0 Å². The van der Waals surface area contributed by atoms with Gasteiger partial charge in [-0.05, 0) is 31.0 Å². The number of nitrogens with two attached hydrogens (primary N) is 1. The molecule has 1 amide bonds. The molecule has 1 fully saturated rings. The van der Waals surface area contributed by atoms with E-state index in [0.29, 0.717) is 18.2 Å². The Balaban J connectivity index is 1.73. The molecule has 0 saturated carbocycles. The van der Waals surface area contributed by atoms with Crippen LogP contribution in [0, 0.1) is 0 Å². The summed E-state index contributed by atoms with van der Waals surface area (Å²) in [7, 11) is 1.66. The standard InChI is InChI=1S/C17H21N3O2S/c1-11-7-13(12-3-5-14(22-2)6-4-12)9-20(11)17(21)15-10-23-16(8-18)19-15/h3-6,10-11,13H,7-9,18H2,1-2H3/t11-,13-/m1/s1. The molecule has 1 aliphatic heterocycles. The van der Waals surface area contributed by atoms with Crippen LogP contribution in [0.15, 0.2) is 29.6 Å². The Morgan fingerprint density at radius 2 is 2.17 bits per heavy atom. The molecule has 0 spiro atoms. The quantitative estimate of drug-likeness (QED) is 0.935. The largest absolute Gasteiger partial charge is 0.497 e. The molecule has 23 heavy (non-hydrogen) atoms. The Hall–Kier alpha value is -1.92. The molecule has 1 aromatic carbocycles. The minimum absolute atomic E-state index is 0.00413. The van der Waals surface area contributed by atoms with Crippen LogP contribution in [-0.2, 0) is 6.54 Å². The van der Waals surface area contributed by atoms with Crippen molar-refractivity contribution in [3.8, 4) is 5.75 Å². The van der Waals surface area contributed by atoms with Crippen LogP contribution in [0.2, 0.25) is 0 Å². The van der Waals surface area contributed by atoms with Crippen molar-refractivity contribution in [1.82, 2.24) is 9.88 Å². The molecule has 2 atom stereocenters. The van der Waals surface area contributed by atoms with Crippen molar-refractivity contribution in [2.24, 2.45) is 5.73 Å². The first kappa shape index (κ1) is 16.0. The third-order valence-electron chi connectivity index (χ3n) is 4.37. The molecule has 2 N–H and O–H groups in total. The number of hydrogen-bond donors (Lipinski definition) is 1. The minimum Gasteiger partial charge on any atom is -0.497 e. The van der Waals surface area contributed by atoms with Crippen LogP contribution in [0.1, 0.15) is 40.3 Å². The van der Waals surface area contributed by atoms with Gasteiger partial charge in [0.15, 0.2) is 0 Å². The number of nitrogens with zero attached hydrogens (tertiary/aromatic N) is 2. The normalized spacial score (nSPS) is 20.7. The lowest BCUT2D eigenvalue weighted by atomic mass is 9.97. The molecule has 122 valence electrons. The molecule has 1 aromatic heterocycles. The maximum Gasteiger partial charge on any atom is 0.273 e. The summed E-state index contributed by atoms with van der Waals surface area (Å²) in [5.41, 5.74) is 7.33. The predicted octanol–water partition coefficient (Wildman–Crippen LogP) is 2.63. The van der Waals surface area contributed by atoms with Gasteiger partial charge in [-0.3, -0.25) is 4.79 Å². The summed E-state index contributed by atoms with van der Waals surface area (Å²) in [4.78, 5) is 18.9. The lowest BCUT2D eigenvalue weighted by Gasteiger charge is -2.20. The number of likely N-dealkylation sites (tertiary alicyclic amines) is 1. The van der Waals surface area contributed by atoms with Crippen LogP contribution < -0.4 is 10.5 Å². The van der Waals surface area contributed by atoms with Crippen molar-refractivity contribution in [2.75, 3.05) is 13.7 Å².